The molecule has 7 nitrogen and oxygen atoms in total. The van der Waals surface area contributed by atoms with Crippen LogP contribution in [0.3, 0.4) is 0 Å². The summed E-state index contributed by atoms with van der Waals surface area (Å²) in [5.74, 6) is -2.65. The maximum absolute atomic E-state index is 12.3. The molecule has 0 aromatic heterocycles. The van der Waals surface area contributed by atoms with E-state index in [4.69, 9.17) is 9.84 Å². The van der Waals surface area contributed by atoms with Gasteiger partial charge in [-0.15, -0.1) is 0 Å². The van der Waals surface area contributed by atoms with Crippen molar-refractivity contribution < 1.29 is 27.9 Å². The monoisotopic (exact) mass is 465 g/mol. The van der Waals surface area contributed by atoms with Gasteiger partial charge in [-0.05, 0) is 33.4 Å². The van der Waals surface area contributed by atoms with E-state index >= 15 is 0 Å². The number of alkyl carbamates (subject to hydrolysis) is 1. The average molecular weight is 466 g/mol. The lowest BCUT2D eigenvalue weighted by Gasteiger charge is -2.14. The van der Waals surface area contributed by atoms with E-state index in [1.807, 2.05) is 24.3 Å². The van der Waals surface area contributed by atoms with Crippen LogP contribution in [-0.2, 0) is 31.7 Å². The van der Waals surface area contributed by atoms with Gasteiger partial charge in [0.05, 0.1) is 5.75 Å². The number of benzene rings is 3. The van der Waals surface area contributed by atoms with Crippen molar-refractivity contribution in [2.45, 2.75) is 18.2 Å². The normalized spacial score (nSPS) is 12.6. The maximum atomic E-state index is 12.3. The van der Waals surface area contributed by atoms with Crippen molar-refractivity contribution in [3.8, 4) is 11.1 Å². The molecule has 0 heterocycles. The number of sulfone groups is 1. The van der Waals surface area contributed by atoms with Gasteiger partial charge in [0.15, 0.2) is 9.84 Å². The molecule has 33 heavy (non-hydrogen) atoms. The Morgan fingerprint density at radius 1 is 0.848 bits per heavy atom. The van der Waals surface area contributed by atoms with Gasteiger partial charge < -0.3 is 15.2 Å². The molecule has 2 N–H and O–H groups in total. The molecule has 0 fully saturated rings. The number of ether oxygens (including phenoxy) is 1. The van der Waals surface area contributed by atoms with Crippen LogP contribution in [0.5, 0.6) is 0 Å². The Morgan fingerprint density at radius 3 is 1.97 bits per heavy atom. The second-order valence-electron chi connectivity index (χ2n) is 7.92. The minimum atomic E-state index is -3.72. The van der Waals surface area contributed by atoms with E-state index < -0.39 is 27.7 Å². The van der Waals surface area contributed by atoms with E-state index in [2.05, 4.69) is 29.6 Å². The summed E-state index contributed by atoms with van der Waals surface area (Å²) in [6.45, 7) is 0.444. The first kappa shape index (κ1) is 22.5. The standard InChI is InChI=1S/C25H23NO6S/c27-24(28)16-33(30,31)15-18-11-9-17(10-12-18)13-26-25(29)32-14-23-21-7-3-1-5-19(21)20-6-2-4-8-22(20)23/h1-12,23H,13-16H2,(H,26,29)(H,27,28). The second kappa shape index (κ2) is 9.46. The minimum Gasteiger partial charge on any atom is -0.480 e. The summed E-state index contributed by atoms with van der Waals surface area (Å²) >= 11 is 0. The highest BCUT2D eigenvalue weighted by Gasteiger charge is 2.28. The summed E-state index contributed by atoms with van der Waals surface area (Å²) in [5.41, 5.74) is 5.85. The van der Waals surface area contributed by atoms with E-state index in [1.54, 1.807) is 24.3 Å². The highest BCUT2D eigenvalue weighted by Crippen LogP contribution is 2.44. The van der Waals surface area contributed by atoms with Gasteiger partial charge in [0, 0.05) is 12.5 Å². The van der Waals surface area contributed by atoms with Crippen LogP contribution in [0.4, 0.5) is 4.79 Å². The molecule has 0 saturated heterocycles. The van der Waals surface area contributed by atoms with Gasteiger partial charge in [0.25, 0.3) is 0 Å². The Kier molecular flexibility index (Phi) is 6.46. The van der Waals surface area contributed by atoms with Gasteiger partial charge >= 0.3 is 12.1 Å². The third-order valence-corrected chi connectivity index (χ3v) is 6.99. The van der Waals surface area contributed by atoms with Gasteiger partial charge in [-0.1, -0.05) is 72.8 Å². The first-order chi connectivity index (χ1) is 15.8. The van der Waals surface area contributed by atoms with E-state index in [-0.39, 0.29) is 24.8 Å². The fourth-order valence-electron chi connectivity index (χ4n) is 4.07. The first-order valence-corrected chi connectivity index (χ1v) is 12.2. The van der Waals surface area contributed by atoms with Crippen LogP contribution in [0.1, 0.15) is 28.2 Å². The number of amides is 1. The molecule has 1 aliphatic carbocycles. The number of carboxylic acid groups (broad SMARTS) is 1. The Morgan fingerprint density at radius 2 is 1.39 bits per heavy atom. The molecule has 1 aliphatic rings. The molecule has 170 valence electrons. The molecule has 0 saturated carbocycles. The highest BCUT2D eigenvalue weighted by molar-refractivity contribution is 7.91. The lowest BCUT2D eigenvalue weighted by Crippen LogP contribution is -2.25. The molecule has 0 spiro atoms. The summed E-state index contributed by atoms with van der Waals surface area (Å²) in [5, 5.41) is 11.4. The summed E-state index contributed by atoms with van der Waals surface area (Å²) in [6, 6.07) is 22.8. The smallest absolute Gasteiger partial charge is 0.407 e. The zero-order valence-corrected chi connectivity index (χ0v) is 18.5. The van der Waals surface area contributed by atoms with Crippen LogP contribution in [0.2, 0.25) is 0 Å². The van der Waals surface area contributed by atoms with E-state index in [0.29, 0.717) is 5.56 Å². The Hall–Kier alpha value is -3.65. The van der Waals surface area contributed by atoms with E-state index in [0.717, 1.165) is 27.8 Å². The number of nitrogens with one attached hydrogen (secondary N) is 1. The number of fused-ring (bicyclic) bond motifs is 3. The van der Waals surface area contributed by atoms with Crippen LogP contribution in [-0.4, -0.2) is 37.9 Å². The molecule has 0 unspecified atom stereocenters. The molecule has 0 aliphatic heterocycles. The zero-order valence-electron chi connectivity index (χ0n) is 17.7. The topological polar surface area (TPSA) is 110 Å². The molecule has 0 bridgehead atoms. The van der Waals surface area contributed by atoms with Crippen molar-refractivity contribution in [1.82, 2.24) is 5.32 Å². The van der Waals surface area contributed by atoms with Gasteiger partial charge in [-0.2, -0.15) is 0 Å². The highest BCUT2D eigenvalue weighted by atomic mass is 32.2. The van der Waals surface area contributed by atoms with Crippen LogP contribution >= 0.6 is 0 Å². The number of carbonyl (C=O) groups is 2. The Bertz CT molecular complexity index is 1240. The number of hydrogen-bond acceptors (Lipinski definition) is 5. The molecule has 1 amide bonds. The van der Waals surface area contributed by atoms with Crippen LogP contribution < -0.4 is 5.32 Å². The van der Waals surface area contributed by atoms with Gasteiger partial charge in [-0.3, -0.25) is 4.79 Å². The number of carboxylic acids is 1. The minimum absolute atomic E-state index is 0.0183. The lowest BCUT2D eigenvalue weighted by molar-refractivity contribution is -0.134. The van der Waals surface area contributed by atoms with Gasteiger partial charge in [0.1, 0.15) is 12.4 Å². The van der Waals surface area contributed by atoms with Gasteiger partial charge in [0.2, 0.25) is 0 Å². The molecule has 3 aromatic rings. The third kappa shape index (κ3) is 5.40. The quantitative estimate of drug-likeness (QED) is 0.525. The molecular weight excluding hydrogens is 442 g/mol. The van der Waals surface area contributed by atoms with Crippen LogP contribution in [0, 0.1) is 0 Å². The number of hydrogen-bond donors (Lipinski definition) is 2. The predicted octanol–water partition coefficient (Wildman–Crippen LogP) is 3.72. The number of rotatable bonds is 8. The molecule has 3 aromatic carbocycles. The molecule has 8 heteroatoms. The summed E-state index contributed by atoms with van der Waals surface area (Å²) in [7, 11) is -3.72. The number of aliphatic carboxylic acids is 1. The van der Waals surface area contributed by atoms with Crippen molar-refractivity contribution in [3.63, 3.8) is 0 Å². The van der Waals surface area contributed by atoms with E-state index in [9.17, 15) is 18.0 Å². The fraction of sp³-hybridized carbons (Fsp3) is 0.200. The third-order valence-electron chi connectivity index (χ3n) is 5.53. The summed E-state index contributed by atoms with van der Waals surface area (Å²) in [4.78, 5) is 22.9. The molecular formula is C25H23NO6S. The van der Waals surface area contributed by atoms with Crippen molar-refractivity contribution in [2.75, 3.05) is 12.4 Å². The number of carbonyl (C=O) groups excluding carboxylic acids is 1. The Labute approximate surface area is 192 Å². The second-order valence-corrected chi connectivity index (χ2v) is 9.99. The lowest BCUT2D eigenvalue weighted by atomic mass is 9.98. The molecule has 0 radical (unpaired) electrons. The fourth-order valence-corrected chi connectivity index (χ4v) is 5.25. The molecule has 0 atom stereocenters. The Balaban J connectivity index is 1.31. The summed E-state index contributed by atoms with van der Waals surface area (Å²) < 4.78 is 29.1. The summed E-state index contributed by atoms with van der Waals surface area (Å²) in [6.07, 6.45) is -0.537. The van der Waals surface area contributed by atoms with Crippen LogP contribution in [0.25, 0.3) is 11.1 Å². The first-order valence-electron chi connectivity index (χ1n) is 10.4. The van der Waals surface area contributed by atoms with E-state index in [1.165, 1.54) is 0 Å². The largest absolute Gasteiger partial charge is 0.480 e. The van der Waals surface area contributed by atoms with Gasteiger partial charge in [-0.25, -0.2) is 13.2 Å². The SMILES string of the molecule is O=C(O)CS(=O)(=O)Cc1ccc(CNC(=O)OCC2c3ccccc3-c3ccccc32)cc1. The zero-order chi connectivity index (χ0) is 23.4. The van der Waals surface area contributed by atoms with Crippen molar-refractivity contribution in [1.29, 1.82) is 0 Å². The van der Waals surface area contributed by atoms with Crippen molar-refractivity contribution in [3.05, 3.63) is 95.1 Å². The predicted molar refractivity (Wildman–Crippen MR) is 123 cm³/mol. The van der Waals surface area contributed by atoms with Crippen molar-refractivity contribution >= 4 is 21.9 Å². The average Bonchev–Trinajstić information content (AvgIpc) is 3.10. The maximum Gasteiger partial charge on any atom is 0.407 e. The van der Waals surface area contributed by atoms with Crippen molar-refractivity contribution in [2.24, 2.45) is 0 Å². The molecule has 4 rings (SSSR count). The van der Waals surface area contributed by atoms with Crippen LogP contribution in [0.15, 0.2) is 72.8 Å².